The molecule has 1 aromatic heterocycles. The quantitative estimate of drug-likeness (QED) is 0.788. The molecule has 0 unspecified atom stereocenters. The average Bonchev–Trinajstić information content (AvgIpc) is 2.98. The molecule has 82 valence electrons. The SMILES string of the molecule is O=C(c1cccc2[nH]cnc12)N1CCCC1. The van der Waals surface area contributed by atoms with Crippen molar-refractivity contribution in [2.45, 2.75) is 12.8 Å². The van der Waals surface area contributed by atoms with Crippen molar-refractivity contribution in [2.75, 3.05) is 13.1 Å². The number of benzene rings is 1. The first kappa shape index (κ1) is 9.39. The molecule has 1 aliphatic rings. The predicted octanol–water partition coefficient (Wildman–Crippen LogP) is 1.80. The minimum atomic E-state index is 0.107. The Morgan fingerprint density at radius 2 is 2.12 bits per heavy atom. The lowest BCUT2D eigenvalue weighted by Gasteiger charge is -2.15. The minimum absolute atomic E-state index is 0.107. The van der Waals surface area contributed by atoms with Crippen LogP contribution in [0.15, 0.2) is 24.5 Å². The minimum Gasteiger partial charge on any atom is -0.345 e. The van der Waals surface area contributed by atoms with E-state index in [-0.39, 0.29) is 5.91 Å². The molecular formula is C12H13N3O. The number of para-hydroxylation sites is 1. The smallest absolute Gasteiger partial charge is 0.256 e. The third-order valence-corrected chi connectivity index (χ3v) is 3.07. The fourth-order valence-corrected chi connectivity index (χ4v) is 2.23. The molecule has 1 aromatic carbocycles. The molecule has 0 spiro atoms. The number of hydrogen-bond donors (Lipinski definition) is 1. The van der Waals surface area contributed by atoms with Gasteiger partial charge in [-0.15, -0.1) is 0 Å². The fourth-order valence-electron chi connectivity index (χ4n) is 2.23. The molecule has 1 fully saturated rings. The molecular weight excluding hydrogens is 202 g/mol. The number of aromatic nitrogens is 2. The molecule has 1 saturated heterocycles. The van der Waals surface area contributed by atoms with Crippen LogP contribution in [0.5, 0.6) is 0 Å². The van der Waals surface area contributed by atoms with Gasteiger partial charge < -0.3 is 9.88 Å². The van der Waals surface area contributed by atoms with E-state index >= 15 is 0 Å². The highest BCUT2D eigenvalue weighted by Gasteiger charge is 2.21. The Kier molecular flexibility index (Phi) is 2.13. The van der Waals surface area contributed by atoms with Crippen LogP contribution in [0.3, 0.4) is 0 Å². The number of H-pyrrole nitrogens is 1. The number of aromatic amines is 1. The molecule has 4 nitrogen and oxygen atoms in total. The van der Waals surface area contributed by atoms with Crippen LogP contribution in [-0.2, 0) is 0 Å². The lowest BCUT2D eigenvalue weighted by molar-refractivity contribution is 0.0794. The van der Waals surface area contributed by atoms with Crippen LogP contribution in [0.25, 0.3) is 11.0 Å². The number of imidazole rings is 1. The number of hydrogen-bond acceptors (Lipinski definition) is 2. The van der Waals surface area contributed by atoms with E-state index in [1.54, 1.807) is 6.33 Å². The van der Waals surface area contributed by atoms with E-state index in [9.17, 15) is 4.79 Å². The molecule has 0 atom stereocenters. The molecule has 1 N–H and O–H groups in total. The van der Waals surface area contributed by atoms with Gasteiger partial charge in [-0.25, -0.2) is 4.98 Å². The maximum atomic E-state index is 12.2. The van der Waals surface area contributed by atoms with Gasteiger partial charge >= 0.3 is 0 Å². The summed E-state index contributed by atoms with van der Waals surface area (Å²) in [4.78, 5) is 21.4. The molecule has 16 heavy (non-hydrogen) atoms. The second-order valence-corrected chi connectivity index (χ2v) is 4.10. The van der Waals surface area contributed by atoms with E-state index in [4.69, 9.17) is 0 Å². The van der Waals surface area contributed by atoms with Crippen LogP contribution >= 0.6 is 0 Å². The highest BCUT2D eigenvalue weighted by molar-refractivity contribution is 6.04. The molecule has 0 aliphatic carbocycles. The van der Waals surface area contributed by atoms with Gasteiger partial charge in [0, 0.05) is 13.1 Å². The number of likely N-dealkylation sites (tertiary alicyclic amines) is 1. The maximum Gasteiger partial charge on any atom is 0.256 e. The van der Waals surface area contributed by atoms with Crippen molar-refractivity contribution in [1.82, 2.24) is 14.9 Å². The lowest BCUT2D eigenvalue weighted by atomic mass is 10.1. The molecule has 3 rings (SSSR count). The highest BCUT2D eigenvalue weighted by atomic mass is 16.2. The molecule has 0 saturated carbocycles. The summed E-state index contributed by atoms with van der Waals surface area (Å²) in [5.74, 6) is 0.107. The molecule has 1 amide bonds. The number of amides is 1. The first-order chi connectivity index (χ1) is 7.86. The number of fused-ring (bicyclic) bond motifs is 1. The van der Waals surface area contributed by atoms with Crippen molar-refractivity contribution in [1.29, 1.82) is 0 Å². The van der Waals surface area contributed by atoms with Crippen LogP contribution in [0.4, 0.5) is 0 Å². The first-order valence-corrected chi connectivity index (χ1v) is 5.57. The topological polar surface area (TPSA) is 49.0 Å². The van der Waals surface area contributed by atoms with E-state index in [1.807, 2.05) is 23.1 Å². The van der Waals surface area contributed by atoms with Gasteiger partial charge in [-0.1, -0.05) is 6.07 Å². The van der Waals surface area contributed by atoms with Crippen LogP contribution in [0, 0.1) is 0 Å². The first-order valence-electron chi connectivity index (χ1n) is 5.57. The second-order valence-electron chi connectivity index (χ2n) is 4.10. The van der Waals surface area contributed by atoms with Gasteiger partial charge in [-0.2, -0.15) is 0 Å². The van der Waals surface area contributed by atoms with Crippen LogP contribution in [0.1, 0.15) is 23.2 Å². The zero-order valence-electron chi connectivity index (χ0n) is 8.94. The summed E-state index contributed by atoms with van der Waals surface area (Å²) in [5, 5.41) is 0. The van der Waals surface area contributed by atoms with Crippen molar-refractivity contribution in [2.24, 2.45) is 0 Å². The standard InChI is InChI=1S/C12H13N3O/c16-12(15-6-1-2-7-15)9-4-3-5-10-11(9)14-8-13-10/h3-5,8H,1-2,6-7H2,(H,13,14). The monoisotopic (exact) mass is 215 g/mol. The van der Waals surface area contributed by atoms with Crippen molar-refractivity contribution in [3.05, 3.63) is 30.1 Å². The van der Waals surface area contributed by atoms with Crippen molar-refractivity contribution in [3.63, 3.8) is 0 Å². The van der Waals surface area contributed by atoms with Crippen LogP contribution < -0.4 is 0 Å². The molecule has 1 aliphatic heterocycles. The number of rotatable bonds is 1. The maximum absolute atomic E-state index is 12.2. The van der Waals surface area contributed by atoms with Gasteiger partial charge in [0.05, 0.1) is 17.4 Å². The van der Waals surface area contributed by atoms with Gasteiger partial charge in [0.25, 0.3) is 5.91 Å². The second kappa shape index (κ2) is 3.63. The average molecular weight is 215 g/mol. The van der Waals surface area contributed by atoms with Gasteiger partial charge in [0.2, 0.25) is 0 Å². The molecule has 0 bridgehead atoms. The van der Waals surface area contributed by atoms with E-state index < -0.39 is 0 Å². The molecule has 2 aromatic rings. The van der Waals surface area contributed by atoms with E-state index in [0.29, 0.717) is 5.56 Å². The number of nitrogens with zero attached hydrogens (tertiary/aromatic N) is 2. The number of nitrogens with one attached hydrogen (secondary N) is 1. The molecule has 2 heterocycles. The lowest BCUT2D eigenvalue weighted by Crippen LogP contribution is -2.27. The summed E-state index contributed by atoms with van der Waals surface area (Å²) >= 11 is 0. The highest BCUT2D eigenvalue weighted by Crippen LogP contribution is 2.19. The van der Waals surface area contributed by atoms with Gasteiger partial charge in [0.1, 0.15) is 5.52 Å². The summed E-state index contributed by atoms with van der Waals surface area (Å²) in [7, 11) is 0. The van der Waals surface area contributed by atoms with Gasteiger partial charge in [-0.05, 0) is 25.0 Å². The van der Waals surface area contributed by atoms with Crippen LogP contribution in [0.2, 0.25) is 0 Å². The zero-order valence-corrected chi connectivity index (χ0v) is 8.94. The third-order valence-electron chi connectivity index (χ3n) is 3.07. The third kappa shape index (κ3) is 1.38. The Hall–Kier alpha value is -1.84. The largest absolute Gasteiger partial charge is 0.345 e. The Morgan fingerprint density at radius 1 is 1.31 bits per heavy atom. The van der Waals surface area contributed by atoms with E-state index in [1.165, 1.54) is 0 Å². The van der Waals surface area contributed by atoms with E-state index in [0.717, 1.165) is 37.0 Å². The van der Waals surface area contributed by atoms with Gasteiger partial charge in [-0.3, -0.25) is 4.79 Å². The number of carbonyl (C=O) groups is 1. The van der Waals surface area contributed by atoms with E-state index in [2.05, 4.69) is 9.97 Å². The number of carbonyl (C=O) groups excluding carboxylic acids is 1. The predicted molar refractivity (Wildman–Crippen MR) is 61.2 cm³/mol. The Bertz CT molecular complexity index is 526. The fraction of sp³-hybridized carbons (Fsp3) is 0.333. The van der Waals surface area contributed by atoms with Crippen LogP contribution in [-0.4, -0.2) is 33.9 Å². The summed E-state index contributed by atoms with van der Waals surface area (Å²) in [6.07, 6.45) is 3.86. The zero-order chi connectivity index (χ0) is 11.0. The Morgan fingerprint density at radius 3 is 2.94 bits per heavy atom. The molecule has 0 radical (unpaired) electrons. The summed E-state index contributed by atoms with van der Waals surface area (Å²) in [6, 6.07) is 5.68. The van der Waals surface area contributed by atoms with Crippen molar-refractivity contribution in [3.8, 4) is 0 Å². The van der Waals surface area contributed by atoms with Crippen molar-refractivity contribution < 1.29 is 4.79 Å². The van der Waals surface area contributed by atoms with Gasteiger partial charge in [0.15, 0.2) is 0 Å². The Balaban J connectivity index is 2.04. The summed E-state index contributed by atoms with van der Waals surface area (Å²) in [6.45, 7) is 1.75. The molecule has 4 heteroatoms. The summed E-state index contributed by atoms with van der Waals surface area (Å²) < 4.78 is 0. The van der Waals surface area contributed by atoms with Crippen molar-refractivity contribution >= 4 is 16.9 Å². The summed E-state index contributed by atoms with van der Waals surface area (Å²) in [5.41, 5.74) is 2.41. The normalized spacial score (nSPS) is 15.9. The Labute approximate surface area is 93.3 Å².